The lowest BCUT2D eigenvalue weighted by molar-refractivity contribution is -0.137. The molecule has 0 bridgehead atoms. The van der Waals surface area contributed by atoms with Gasteiger partial charge in [0.05, 0.1) is 5.92 Å². The first-order valence-corrected chi connectivity index (χ1v) is 7.06. The zero-order valence-electron chi connectivity index (χ0n) is 11.3. The minimum atomic E-state index is -0.134. The van der Waals surface area contributed by atoms with E-state index in [1.807, 2.05) is 18.7 Å². The van der Waals surface area contributed by atoms with Crippen molar-refractivity contribution in [2.24, 2.45) is 11.8 Å². The molecule has 0 saturated carbocycles. The van der Waals surface area contributed by atoms with Crippen LogP contribution in [0.15, 0.2) is 0 Å². The molecule has 0 aliphatic carbocycles. The Labute approximate surface area is 110 Å². The quantitative estimate of drug-likeness (QED) is 0.712. The third kappa shape index (κ3) is 3.35. The summed E-state index contributed by atoms with van der Waals surface area (Å²) in [5, 5.41) is 4.54. The summed E-state index contributed by atoms with van der Waals surface area (Å²) in [7, 11) is 0. The maximum atomic E-state index is 12.5. The fraction of sp³-hybridized carbons (Fsp3) is 0.923. The molecule has 3 unspecified atom stereocenters. The van der Waals surface area contributed by atoms with Gasteiger partial charge in [-0.05, 0) is 26.2 Å². The molecule has 1 fully saturated rings. The number of rotatable bonds is 4. The van der Waals surface area contributed by atoms with Crippen molar-refractivity contribution < 1.29 is 4.79 Å². The predicted molar refractivity (Wildman–Crippen MR) is 71.3 cm³/mol. The normalized spacial score (nSPS) is 29.4. The second-order valence-corrected chi connectivity index (χ2v) is 5.54. The molecule has 0 aromatic carbocycles. The molecule has 4 heteroatoms. The highest BCUT2D eigenvalue weighted by Crippen LogP contribution is 2.29. The molecule has 1 rings (SSSR count). The molecule has 99 valence electrons. The SMILES string of the molecule is CCN(CC)C(=O)C1C(Cl)CC[N]C1C(C)C. The maximum Gasteiger partial charge on any atom is 0.228 e. The summed E-state index contributed by atoms with van der Waals surface area (Å²) in [4.78, 5) is 14.3. The van der Waals surface area contributed by atoms with Crippen LogP contribution >= 0.6 is 11.6 Å². The molecular weight excluding hydrogens is 236 g/mol. The Morgan fingerprint density at radius 1 is 1.41 bits per heavy atom. The average Bonchev–Trinajstić information content (AvgIpc) is 2.29. The number of carbonyl (C=O) groups excluding carboxylic acids is 1. The molecule has 1 radical (unpaired) electrons. The van der Waals surface area contributed by atoms with Crippen molar-refractivity contribution in [2.75, 3.05) is 19.6 Å². The van der Waals surface area contributed by atoms with Crippen molar-refractivity contribution in [2.45, 2.75) is 45.5 Å². The van der Waals surface area contributed by atoms with Gasteiger partial charge in [-0.15, -0.1) is 11.6 Å². The van der Waals surface area contributed by atoms with Gasteiger partial charge in [0.15, 0.2) is 0 Å². The van der Waals surface area contributed by atoms with E-state index in [0.29, 0.717) is 5.92 Å². The van der Waals surface area contributed by atoms with Crippen LogP contribution in [0.2, 0.25) is 0 Å². The van der Waals surface area contributed by atoms with Gasteiger partial charge >= 0.3 is 0 Å². The average molecular weight is 260 g/mol. The molecule has 3 atom stereocenters. The van der Waals surface area contributed by atoms with Gasteiger partial charge in [-0.3, -0.25) is 4.79 Å². The Morgan fingerprint density at radius 2 is 2.00 bits per heavy atom. The minimum absolute atomic E-state index is 0.0620. The molecule has 0 N–H and O–H groups in total. The summed E-state index contributed by atoms with van der Waals surface area (Å²) in [5.74, 6) is 0.420. The lowest BCUT2D eigenvalue weighted by Gasteiger charge is -2.38. The van der Waals surface area contributed by atoms with Crippen molar-refractivity contribution in [1.82, 2.24) is 10.2 Å². The van der Waals surface area contributed by atoms with E-state index >= 15 is 0 Å². The smallest absolute Gasteiger partial charge is 0.228 e. The summed E-state index contributed by atoms with van der Waals surface area (Å²) in [5.41, 5.74) is 0. The maximum absolute atomic E-state index is 12.5. The van der Waals surface area contributed by atoms with Gasteiger partial charge in [0.25, 0.3) is 0 Å². The van der Waals surface area contributed by atoms with Crippen molar-refractivity contribution >= 4 is 17.5 Å². The third-order valence-electron chi connectivity index (χ3n) is 3.55. The highest BCUT2D eigenvalue weighted by atomic mass is 35.5. The van der Waals surface area contributed by atoms with Crippen molar-refractivity contribution in [3.63, 3.8) is 0 Å². The van der Waals surface area contributed by atoms with E-state index in [2.05, 4.69) is 19.2 Å². The molecule has 1 amide bonds. The van der Waals surface area contributed by atoms with Gasteiger partial charge < -0.3 is 4.90 Å². The summed E-state index contributed by atoms with van der Waals surface area (Å²) >= 11 is 6.37. The van der Waals surface area contributed by atoms with Crippen LogP contribution < -0.4 is 5.32 Å². The lowest BCUT2D eigenvalue weighted by atomic mass is 9.83. The highest BCUT2D eigenvalue weighted by Gasteiger charge is 2.40. The molecule has 1 aliphatic rings. The van der Waals surface area contributed by atoms with Gasteiger partial charge in [0.1, 0.15) is 0 Å². The lowest BCUT2D eigenvalue weighted by Crippen LogP contribution is -2.53. The predicted octanol–water partition coefficient (Wildman–Crippen LogP) is 2.11. The van der Waals surface area contributed by atoms with Crippen LogP contribution in [0.4, 0.5) is 0 Å². The number of hydrogen-bond acceptors (Lipinski definition) is 1. The Hall–Kier alpha value is -0.280. The molecule has 1 heterocycles. The van der Waals surface area contributed by atoms with E-state index in [1.165, 1.54) is 0 Å². The van der Waals surface area contributed by atoms with E-state index in [1.54, 1.807) is 0 Å². The first-order chi connectivity index (χ1) is 8.02. The van der Waals surface area contributed by atoms with Crippen molar-refractivity contribution in [1.29, 1.82) is 0 Å². The number of carbonyl (C=O) groups is 1. The Morgan fingerprint density at radius 3 is 2.47 bits per heavy atom. The highest BCUT2D eigenvalue weighted by molar-refractivity contribution is 6.22. The minimum Gasteiger partial charge on any atom is -0.343 e. The first kappa shape index (κ1) is 14.8. The van der Waals surface area contributed by atoms with E-state index in [4.69, 9.17) is 11.6 Å². The Balaban J connectivity index is 2.84. The largest absolute Gasteiger partial charge is 0.343 e. The molecule has 1 saturated heterocycles. The molecule has 1 aliphatic heterocycles. The number of halogens is 1. The Kier molecular flexibility index (Phi) is 5.74. The fourth-order valence-electron chi connectivity index (χ4n) is 2.53. The topological polar surface area (TPSA) is 34.4 Å². The van der Waals surface area contributed by atoms with Crippen molar-refractivity contribution in [3.05, 3.63) is 0 Å². The molecular formula is C13H24ClN2O. The van der Waals surface area contributed by atoms with E-state index in [-0.39, 0.29) is 23.2 Å². The molecule has 17 heavy (non-hydrogen) atoms. The third-order valence-corrected chi connectivity index (χ3v) is 4.04. The van der Waals surface area contributed by atoms with E-state index < -0.39 is 0 Å². The number of piperidine rings is 1. The number of hydrogen-bond donors (Lipinski definition) is 0. The standard InChI is InChI=1S/C13H24ClN2O/c1-5-16(6-2)13(17)11-10(14)7-8-15-12(11)9(3)4/h9-12H,5-8H2,1-4H3. The van der Waals surface area contributed by atoms with Gasteiger partial charge in [-0.2, -0.15) is 0 Å². The first-order valence-electron chi connectivity index (χ1n) is 6.62. The fourth-order valence-corrected chi connectivity index (χ4v) is 2.88. The van der Waals surface area contributed by atoms with Crippen LogP contribution in [-0.2, 0) is 4.79 Å². The molecule has 0 aromatic rings. The van der Waals surface area contributed by atoms with Crippen LogP contribution in [0.5, 0.6) is 0 Å². The number of amides is 1. The van der Waals surface area contributed by atoms with Crippen molar-refractivity contribution in [3.8, 4) is 0 Å². The summed E-state index contributed by atoms with van der Waals surface area (Å²) in [6, 6.07) is 0.0827. The number of alkyl halides is 1. The van der Waals surface area contributed by atoms with Crippen LogP contribution in [-0.4, -0.2) is 41.9 Å². The number of nitrogens with zero attached hydrogens (tertiary/aromatic N) is 2. The summed E-state index contributed by atoms with van der Waals surface area (Å²) in [6.45, 7) is 10.5. The summed E-state index contributed by atoms with van der Waals surface area (Å²) in [6.07, 6.45) is 0.822. The zero-order valence-corrected chi connectivity index (χ0v) is 12.1. The summed E-state index contributed by atoms with van der Waals surface area (Å²) < 4.78 is 0. The van der Waals surface area contributed by atoms with Gasteiger partial charge in [0.2, 0.25) is 5.91 Å². The zero-order chi connectivity index (χ0) is 13.0. The molecule has 0 spiro atoms. The van der Waals surface area contributed by atoms with Crippen LogP contribution in [0.3, 0.4) is 0 Å². The second-order valence-electron chi connectivity index (χ2n) is 4.98. The van der Waals surface area contributed by atoms with Gasteiger partial charge in [0, 0.05) is 31.1 Å². The second kappa shape index (κ2) is 6.60. The van der Waals surface area contributed by atoms with E-state index in [9.17, 15) is 4.79 Å². The Bertz CT molecular complexity index is 254. The van der Waals surface area contributed by atoms with Gasteiger partial charge in [-0.25, -0.2) is 5.32 Å². The van der Waals surface area contributed by atoms with Crippen LogP contribution in [0.1, 0.15) is 34.1 Å². The molecule has 3 nitrogen and oxygen atoms in total. The van der Waals surface area contributed by atoms with Crippen LogP contribution in [0.25, 0.3) is 0 Å². The monoisotopic (exact) mass is 259 g/mol. The van der Waals surface area contributed by atoms with Crippen LogP contribution in [0, 0.1) is 11.8 Å². The van der Waals surface area contributed by atoms with E-state index in [0.717, 1.165) is 26.1 Å². The molecule has 0 aromatic heterocycles. The van der Waals surface area contributed by atoms with Gasteiger partial charge in [-0.1, -0.05) is 13.8 Å².